The molecule has 1 saturated heterocycles. The Morgan fingerprint density at radius 1 is 1.16 bits per heavy atom. The fourth-order valence-electron chi connectivity index (χ4n) is 2.36. The number of nitrogens with two attached hydrogens (primary N) is 1. The van der Waals surface area contributed by atoms with E-state index in [4.69, 9.17) is 5.73 Å². The summed E-state index contributed by atoms with van der Waals surface area (Å²) in [5.74, 6) is 0. The van der Waals surface area contributed by atoms with Gasteiger partial charge in [0, 0.05) is 39.3 Å². The molecule has 0 aliphatic carbocycles. The van der Waals surface area contributed by atoms with Crippen LogP contribution in [0.4, 0.5) is 0 Å². The van der Waals surface area contributed by atoms with Crippen molar-refractivity contribution in [2.75, 3.05) is 39.3 Å². The summed E-state index contributed by atoms with van der Waals surface area (Å²) in [4.78, 5) is 2.62. The molecule has 0 unspecified atom stereocenters. The fourth-order valence-corrected chi connectivity index (χ4v) is 4.01. The molecule has 1 aromatic rings. The zero-order valence-electron chi connectivity index (χ0n) is 11.2. The number of rotatable bonds is 4. The first-order chi connectivity index (χ1) is 9.05. The van der Waals surface area contributed by atoms with E-state index in [-0.39, 0.29) is 0 Å². The lowest BCUT2D eigenvalue weighted by molar-refractivity contribution is 0.192. The molecule has 0 spiro atoms. The first-order valence-electron chi connectivity index (χ1n) is 6.54. The Morgan fingerprint density at radius 2 is 1.79 bits per heavy atom. The van der Waals surface area contributed by atoms with Crippen molar-refractivity contribution in [1.29, 1.82) is 0 Å². The van der Waals surface area contributed by atoms with Crippen molar-refractivity contribution in [1.82, 2.24) is 9.21 Å². The molecule has 1 heterocycles. The molecule has 19 heavy (non-hydrogen) atoms. The van der Waals surface area contributed by atoms with Crippen LogP contribution in [0.2, 0.25) is 0 Å². The van der Waals surface area contributed by atoms with E-state index in [1.165, 1.54) is 0 Å². The average molecular weight is 283 g/mol. The minimum absolute atomic E-state index is 0.419. The van der Waals surface area contributed by atoms with Crippen LogP contribution in [0.5, 0.6) is 0 Å². The van der Waals surface area contributed by atoms with Gasteiger partial charge in [-0.3, -0.25) is 4.90 Å². The molecule has 0 radical (unpaired) electrons. The molecule has 0 atom stereocenters. The van der Waals surface area contributed by atoms with Crippen LogP contribution in [0, 0.1) is 6.92 Å². The summed E-state index contributed by atoms with van der Waals surface area (Å²) in [7, 11) is -3.36. The van der Waals surface area contributed by atoms with Gasteiger partial charge in [0.25, 0.3) is 0 Å². The number of sulfonamides is 1. The van der Waals surface area contributed by atoms with Gasteiger partial charge in [-0.15, -0.1) is 0 Å². The van der Waals surface area contributed by atoms with Gasteiger partial charge in [-0.25, -0.2) is 8.42 Å². The second-order valence-corrected chi connectivity index (χ2v) is 6.71. The minimum Gasteiger partial charge on any atom is -0.329 e. The van der Waals surface area contributed by atoms with Crippen molar-refractivity contribution in [2.45, 2.75) is 11.8 Å². The predicted octanol–water partition coefficient (Wildman–Crippen LogP) is 0.260. The summed E-state index contributed by atoms with van der Waals surface area (Å²) in [6, 6.07) is 7.13. The maximum atomic E-state index is 12.6. The van der Waals surface area contributed by atoms with E-state index in [0.717, 1.165) is 25.2 Å². The third-order valence-electron chi connectivity index (χ3n) is 3.49. The van der Waals surface area contributed by atoms with Gasteiger partial charge in [-0.05, 0) is 18.6 Å². The average Bonchev–Trinajstić information content (AvgIpc) is 2.40. The first kappa shape index (κ1) is 14.5. The van der Waals surface area contributed by atoms with Crippen LogP contribution in [0.1, 0.15) is 5.56 Å². The molecule has 0 aromatic heterocycles. The first-order valence-corrected chi connectivity index (χ1v) is 7.98. The van der Waals surface area contributed by atoms with Gasteiger partial charge >= 0.3 is 0 Å². The molecular formula is C13H21N3O2S. The summed E-state index contributed by atoms with van der Waals surface area (Å²) in [5.41, 5.74) is 6.32. The van der Waals surface area contributed by atoms with Gasteiger partial charge in [-0.1, -0.05) is 18.2 Å². The van der Waals surface area contributed by atoms with E-state index in [1.54, 1.807) is 16.4 Å². The van der Waals surface area contributed by atoms with Crippen molar-refractivity contribution in [3.05, 3.63) is 29.8 Å². The number of benzene rings is 1. The standard InChI is InChI=1S/C13H21N3O2S/c1-12-4-2-3-5-13(12)19(17,18)16-10-8-15(7-6-14)9-11-16/h2-5H,6-11,14H2,1H3. The normalized spacial score (nSPS) is 18.6. The minimum atomic E-state index is -3.36. The van der Waals surface area contributed by atoms with Crippen molar-refractivity contribution < 1.29 is 8.42 Å². The second kappa shape index (κ2) is 6.00. The molecule has 1 aromatic carbocycles. The SMILES string of the molecule is Cc1ccccc1S(=O)(=O)N1CCN(CCN)CC1. The van der Waals surface area contributed by atoms with Crippen LogP contribution in [-0.2, 0) is 10.0 Å². The molecule has 5 nitrogen and oxygen atoms in total. The molecule has 6 heteroatoms. The maximum absolute atomic E-state index is 12.6. The molecule has 0 bridgehead atoms. The summed E-state index contributed by atoms with van der Waals surface area (Å²) < 4.78 is 26.7. The molecule has 2 N–H and O–H groups in total. The topological polar surface area (TPSA) is 66.6 Å². The lowest BCUT2D eigenvalue weighted by Gasteiger charge is -2.33. The zero-order valence-corrected chi connectivity index (χ0v) is 12.1. The molecule has 106 valence electrons. The lowest BCUT2D eigenvalue weighted by Crippen LogP contribution is -2.49. The maximum Gasteiger partial charge on any atom is 0.243 e. The Bertz CT molecular complexity index is 522. The summed E-state index contributed by atoms with van der Waals surface area (Å²) in [6.07, 6.45) is 0. The van der Waals surface area contributed by atoms with Crippen molar-refractivity contribution in [3.8, 4) is 0 Å². The number of hydrogen-bond acceptors (Lipinski definition) is 4. The number of aryl methyl sites for hydroxylation is 1. The van der Waals surface area contributed by atoms with E-state index in [2.05, 4.69) is 4.90 Å². The molecular weight excluding hydrogens is 262 g/mol. The van der Waals surface area contributed by atoms with Gasteiger partial charge in [0.2, 0.25) is 10.0 Å². The molecule has 1 aliphatic heterocycles. The van der Waals surface area contributed by atoms with Crippen LogP contribution in [0.3, 0.4) is 0 Å². The lowest BCUT2D eigenvalue weighted by atomic mass is 10.2. The zero-order chi connectivity index (χ0) is 13.9. The van der Waals surface area contributed by atoms with Gasteiger partial charge < -0.3 is 5.73 Å². The van der Waals surface area contributed by atoms with Crippen LogP contribution in [-0.4, -0.2) is 56.9 Å². The Hall–Kier alpha value is -0.950. The summed E-state index contributed by atoms with van der Waals surface area (Å²) in [5, 5.41) is 0. The van der Waals surface area contributed by atoms with Crippen LogP contribution < -0.4 is 5.73 Å². The molecule has 1 aliphatic rings. The largest absolute Gasteiger partial charge is 0.329 e. The van der Waals surface area contributed by atoms with Crippen LogP contribution in [0.15, 0.2) is 29.2 Å². The molecule has 0 amide bonds. The van der Waals surface area contributed by atoms with Crippen molar-refractivity contribution in [3.63, 3.8) is 0 Å². The quantitative estimate of drug-likeness (QED) is 0.861. The Balaban J connectivity index is 2.12. The van der Waals surface area contributed by atoms with Crippen molar-refractivity contribution in [2.24, 2.45) is 5.73 Å². The van der Waals surface area contributed by atoms with E-state index in [1.807, 2.05) is 19.1 Å². The highest BCUT2D eigenvalue weighted by molar-refractivity contribution is 7.89. The number of nitrogens with zero attached hydrogens (tertiary/aromatic N) is 2. The van der Waals surface area contributed by atoms with Crippen LogP contribution in [0.25, 0.3) is 0 Å². The molecule has 2 rings (SSSR count). The van der Waals surface area contributed by atoms with Crippen LogP contribution >= 0.6 is 0 Å². The second-order valence-electron chi connectivity index (χ2n) is 4.80. The predicted molar refractivity (Wildman–Crippen MR) is 75.4 cm³/mol. The van der Waals surface area contributed by atoms with E-state index < -0.39 is 10.0 Å². The van der Waals surface area contributed by atoms with E-state index >= 15 is 0 Å². The summed E-state index contributed by atoms with van der Waals surface area (Å²) >= 11 is 0. The smallest absolute Gasteiger partial charge is 0.243 e. The third-order valence-corrected chi connectivity index (χ3v) is 5.55. The summed E-state index contributed by atoms with van der Waals surface area (Å²) in [6.45, 7) is 5.86. The Kier molecular flexibility index (Phi) is 4.57. The molecule has 1 fully saturated rings. The third kappa shape index (κ3) is 3.14. The number of hydrogen-bond donors (Lipinski definition) is 1. The highest BCUT2D eigenvalue weighted by Gasteiger charge is 2.28. The highest BCUT2D eigenvalue weighted by atomic mass is 32.2. The van der Waals surface area contributed by atoms with Gasteiger partial charge in [-0.2, -0.15) is 4.31 Å². The van der Waals surface area contributed by atoms with Crippen molar-refractivity contribution >= 4 is 10.0 Å². The van der Waals surface area contributed by atoms with Gasteiger partial charge in [0.15, 0.2) is 0 Å². The van der Waals surface area contributed by atoms with E-state index in [9.17, 15) is 8.42 Å². The number of piperazine rings is 1. The Morgan fingerprint density at radius 3 is 2.37 bits per heavy atom. The molecule has 0 saturated carbocycles. The Labute approximate surface area is 115 Å². The fraction of sp³-hybridized carbons (Fsp3) is 0.538. The highest BCUT2D eigenvalue weighted by Crippen LogP contribution is 2.20. The van der Waals surface area contributed by atoms with Gasteiger partial charge in [0.1, 0.15) is 0 Å². The monoisotopic (exact) mass is 283 g/mol. The van der Waals surface area contributed by atoms with E-state index in [0.29, 0.717) is 24.5 Å². The van der Waals surface area contributed by atoms with Gasteiger partial charge in [0.05, 0.1) is 4.90 Å².